The molecule has 3 heteroatoms. The Bertz CT molecular complexity index is 265. The summed E-state index contributed by atoms with van der Waals surface area (Å²) < 4.78 is 0. The monoisotopic (exact) mass is 267 g/mol. The van der Waals surface area contributed by atoms with Crippen LogP contribution in [-0.4, -0.2) is 60.6 Å². The molecule has 2 heterocycles. The molecular formula is C16H33N3. The van der Waals surface area contributed by atoms with Crippen molar-refractivity contribution in [3.05, 3.63) is 0 Å². The number of nitrogens with zero attached hydrogens (tertiary/aromatic N) is 2. The third-order valence-electron chi connectivity index (χ3n) is 4.81. The molecule has 0 bridgehead atoms. The normalized spacial score (nSPS) is 27.8. The summed E-state index contributed by atoms with van der Waals surface area (Å²) in [5.41, 5.74) is 0. The van der Waals surface area contributed by atoms with Gasteiger partial charge in [0.25, 0.3) is 0 Å². The van der Waals surface area contributed by atoms with Crippen molar-refractivity contribution in [2.45, 2.75) is 65.1 Å². The maximum atomic E-state index is 3.65. The molecular weight excluding hydrogens is 234 g/mol. The molecule has 0 aromatic rings. The van der Waals surface area contributed by atoms with Crippen LogP contribution in [-0.2, 0) is 0 Å². The second-order valence-corrected chi connectivity index (χ2v) is 7.05. The van der Waals surface area contributed by atoms with Crippen LogP contribution >= 0.6 is 0 Å². The van der Waals surface area contributed by atoms with Crippen molar-refractivity contribution < 1.29 is 0 Å². The summed E-state index contributed by atoms with van der Waals surface area (Å²) in [5, 5.41) is 3.65. The van der Waals surface area contributed by atoms with E-state index in [4.69, 9.17) is 0 Å². The largest absolute Gasteiger partial charge is 0.313 e. The van der Waals surface area contributed by atoms with Crippen LogP contribution in [0.4, 0.5) is 0 Å². The lowest BCUT2D eigenvalue weighted by atomic mass is 10.0. The smallest absolute Gasteiger partial charge is 0.0244 e. The summed E-state index contributed by atoms with van der Waals surface area (Å²) in [6.45, 7) is 15.6. The third-order valence-corrected chi connectivity index (χ3v) is 4.81. The van der Waals surface area contributed by atoms with Crippen molar-refractivity contribution in [3.63, 3.8) is 0 Å². The van der Waals surface area contributed by atoms with E-state index in [-0.39, 0.29) is 0 Å². The van der Waals surface area contributed by atoms with E-state index in [9.17, 15) is 0 Å². The molecule has 2 aliphatic rings. The van der Waals surface area contributed by atoms with Gasteiger partial charge in [-0.05, 0) is 44.8 Å². The molecule has 2 atom stereocenters. The van der Waals surface area contributed by atoms with Gasteiger partial charge in [-0.3, -0.25) is 9.80 Å². The highest BCUT2D eigenvalue weighted by atomic mass is 15.3. The predicted molar refractivity (Wildman–Crippen MR) is 82.5 cm³/mol. The van der Waals surface area contributed by atoms with Crippen LogP contribution in [0.5, 0.6) is 0 Å². The van der Waals surface area contributed by atoms with E-state index in [0.29, 0.717) is 12.1 Å². The van der Waals surface area contributed by atoms with Crippen molar-refractivity contribution in [1.29, 1.82) is 0 Å². The molecule has 112 valence electrons. The van der Waals surface area contributed by atoms with Gasteiger partial charge >= 0.3 is 0 Å². The Morgan fingerprint density at radius 1 is 1.05 bits per heavy atom. The molecule has 0 saturated carbocycles. The van der Waals surface area contributed by atoms with E-state index >= 15 is 0 Å². The maximum Gasteiger partial charge on any atom is 0.0244 e. The lowest BCUT2D eigenvalue weighted by Gasteiger charge is -2.36. The number of nitrogens with one attached hydrogen (secondary N) is 1. The molecule has 2 unspecified atom stereocenters. The van der Waals surface area contributed by atoms with E-state index in [1.54, 1.807) is 0 Å². The second-order valence-electron chi connectivity index (χ2n) is 7.05. The third kappa shape index (κ3) is 4.17. The van der Waals surface area contributed by atoms with Gasteiger partial charge in [0, 0.05) is 31.2 Å². The highest BCUT2D eigenvalue weighted by molar-refractivity contribution is 4.89. The molecule has 0 aromatic heterocycles. The maximum absolute atomic E-state index is 3.65. The van der Waals surface area contributed by atoms with Crippen molar-refractivity contribution in [2.24, 2.45) is 5.92 Å². The lowest BCUT2D eigenvalue weighted by Crippen LogP contribution is -2.49. The Balaban J connectivity index is 1.95. The Kier molecular flexibility index (Phi) is 5.67. The van der Waals surface area contributed by atoms with Gasteiger partial charge in [0.2, 0.25) is 0 Å². The first kappa shape index (κ1) is 15.3. The first-order valence-corrected chi connectivity index (χ1v) is 8.29. The standard InChI is InChI=1S/C16H33N3/c1-13(2)16(11-17-14(3)4)19-10-6-9-18-8-5-7-15(18)12-19/h13-17H,5-12H2,1-4H3. The van der Waals surface area contributed by atoms with Gasteiger partial charge in [-0.15, -0.1) is 0 Å². The van der Waals surface area contributed by atoms with Gasteiger partial charge in [-0.2, -0.15) is 0 Å². The number of hydrogen-bond donors (Lipinski definition) is 1. The zero-order valence-electron chi connectivity index (χ0n) is 13.4. The second kappa shape index (κ2) is 7.05. The van der Waals surface area contributed by atoms with Gasteiger partial charge in [0.1, 0.15) is 0 Å². The first-order chi connectivity index (χ1) is 9.08. The van der Waals surface area contributed by atoms with Crippen LogP contribution in [0.1, 0.15) is 47.0 Å². The molecule has 1 N–H and O–H groups in total. The van der Waals surface area contributed by atoms with E-state index < -0.39 is 0 Å². The zero-order chi connectivity index (χ0) is 13.8. The van der Waals surface area contributed by atoms with Crippen molar-refractivity contribution in [2.75, 3.05) is 32.7 Å². The summed E-state index contributed by atoms with van der Waals surface area (Å²) in [7, 11) is 0. The molecule has 2 rings (SSSR count). The average molecular weight is 267 g/mol. The molecule has 0 spiro atoms. The van der Waals surface area contributed by atoms with E-state index in [1.807, 2.05) is 0 Å². The lowest BCUT2D eigenvalue weighted by molar-refractivity contribution is 0.135. The molecule has 2 saturated heterocycles. The Morgan fingerprint density at radius 2 is 1.79 bits per heavy atom. The molecule has 2 fully saturated rings. The topological polar surface area (TPSA) is 18.5 Å². The molecule has 2 aliphatic heterocycles. The van der Waals surface area contributed by atoms with Crippen LogP contribution < -0.4 is 5.32 Å². The van der Waals surface area contributed by atoms with Crippen LogP contribution in [0.2, 0.25) is 0 Å². The number of hydrogen-bond acceptors (Lipinski definition) is 3. The van der Waals surface area contributed by atoms with Crippen molar-refractivity contribution in [3.8, 4) is 0 Å². The molecule has 19 heavy (non-hydrogen) atoms. The molecule has 3 nitrogen and oxygen atoms in total. The highest BCUT2D eigenvalue weighted by Gasteiger charge is 2.32. The fraction of sp³-hybridized carbons (Fsp3) is 1.00. The SMILES string of the molecule is CC(C)NCC(C(C)C)N1CCCN2CCCC2C1. The number of rotatable bonds is 5. The van der Waals surface area contributed by atoms with Crippen molar-refractivity contribution in [1.82, 2.24) is 15.1 Å². The highest BCUT2D eigenvalue weighted by Crippen LogP contribution is 2.23. The Hall–Kier alpha value is -0.120. The summed E-state index contributed by atoms with van der Waals surface area (Å²) in [4.78, 5) is 5.50. The fourth-order valence-corrected chi connectivity index (χ4v) is 3.68. The minimum absolute atomic E-state index is 0.594. The fourth-order valence-electron chi connectivity index (χ4n) is 3.68. The quantitative estimate of drug-likeness (QED) is 0.824. The van der Waals surface area contributed by atoms with Gasteiger partial charge in [-0.1, -0.05) is 27.7 Å². The summed E-state index contributed by atoms with van der Waals surface area (Å²) in [6.07, 6.45) is 4.18. The summed E-state index contributed by atoms with van der Waals surface area (Å²) in [5.74, 6) is 0.735. The van der Waals surface area contributed by atoms with Gasteiger partial charge in [0.15, 0.2) is 0 Å². The minimum atomic E-state index is 0.594. The van der Waals surface area contributed by atoms with Crippen LogP contribution in [0, 0.1) is 5.92 Å². The van der Waals surface area contributed by atoms with Crippen molar-refractivity contribution >= 4 is 0 Å². The van der Waals surface area contributed by atoms with Crippen LogP contribution in [0.25, 0.3) is 0 Å². The van der Waals surface area contributed by atoms with E-state index in [2.05, 4.69) is 42.8 Å². The zero-order valence-corrected chi connectivity index (χ0v) is 13.4. The van der Waals surface area contributed by atoms with E-state index in [0.717, 1.165) is 18.5 Å². The predicted octanol–water partition coefficient (Wildman–Crippen LogP) is 2.18. The van der Waals surface area contributed by atoms with Crippen LogP contribution in [0.3, 0.4) is 0 Å². The van der Waals surface area contributed by atoms with Gasteiger partial charge in [-0.25, -0.2) is 0 Å². The molecule has 0 radical (unpaired) electrons. The summed E-state index contributed by atoms with van der Waals surface area (Å²) in [6, 6.07) is 2.13. The van der Waals surface area contributed by atoms with Gasteiger partial charge < -0.3 is 5.32 Å². The number of fused-ring (bicyclic) bond motifs is 1. The summed E-state index contributed by atoms with van der Waals surface area (Å²) >= 11 is 0. The first-order valence-electron chi connectivity index (χ1n) is 8.29. The average Bonchev–Trinajstić information content (AvgIpc) is 2.67. The van der Waals surface area contributed by atoms with Gasteiger partial charge in [0.05, 0.1) is 0 Å². The molecule has 0 aromatic carbocycles. The molecule has 0 aliphatic carbocycles. The Morgan fingerprint density at radius 3 is 2.47 bits per heavy atom. The van der Waals surface area contributed by atoms with Crippen LogP contribution in [0.15, 0.2) is 0 Å². The Labute approximate surface area is 119 Å². The minimum Gasteiger partial charge on any atom is -0.313 e. The van der Waals surface area contributed by atoms with E-state index in [1.165, 1.54) is 45.4 Å². The molecule has 0 amide bonds.